The van der Waals surface area contributed by atoms with Crippen molar-refractivity contribution in [2.24, 2.45) is 11.8 Å². The molecule has 0 radical (unpaired) electrons. The number of hydrogen-bond donors (Lipinski definition) is 2. The van der Waals surface area contributed by atoms with Crippen LogP contribution >= 0.6 is 0 Å². The van der Waals surface area contributed by atoms with Gasteiger partial charge in [-0.05, 0) is 51.5 Å². The number of rotatable bonds is 11. The Kier molecular flexibility index (Phi) is 9.06. The lowest BCUT2D eigenvalue weighted by Crippen LogP contribution is -2.23. The third-order valence-electron chi connectivity index (χ3n) is 4.98. The minimum Gasteiger partial charge on any atom is -0.478 e. The second-order valence-corrected chi connectivity index (χ2v) is 8.08. The number of unbranched alkanes of at least 4 members (excludes halogenated alkanes) is 2. The van der Waals surface area contributed by atoms with Gasteiger partial charge in [-0.2, -0.15) is 0 Å². The molecule has 1 fully saturated rings. The summed E-state index contributed by atoms with van der Waals surface area (Å²) >= 11 is 0. The van der Waals surface area contributed by atoms with Gasteiger partial charge < -0.3 is 14.9 Å². The molecular formula is C21H34O5. The van der Waals surface area contributed by atoms with Crippen LogP contribution < -0.4 is 0 Å². The molecule has 0 saturated carbocycles. The van der Waals surface area contributed by atoms with Gasteiger partial charge in [0.2, 0.25) is 0 Å². The molecule has 26 heavy (non-hydrogen) atoms. The summed E-state index contributed by atoms with van der Waals surface area (Å²) in [5.74, 6) is -0.972. The lowest BCUT2D eigenvalue weighted by Gasteiger charge is -2.22. The van der Waals surface area contributed by atoms with Crippen molar-refractivity contribution >= 4 is 11.9 Å². The van der Waals surface area contributed by atoms with E-state index in [1.54, 1.807) is 6.92 Å². The molecule has 0 aromatic heterocycles. The average Bonchev–Trinajstić information content (AvgIpc) is 2.80. The number of aliphatic carboxylic acids is 1. The smallest absolute Gasteiger partial charge is 0.328 e. The van der Waals surface area contributed by atoms with Crippen molar-refractivity contribution in [2.45, 2.75) is 78.2 Å². The highest BCUT2D eigenvalue weighted by atomic mass is 16.6. The number of allylic oxidation sites excluding steroid dienone is 3. The Labute approximate surface area is 157 Å². The molecule has 1 rings (SSSR count). The summed E-state index contributed by atoms with van der Waals surface area (Å²) in [7, 11) is 0. The zero-order valence-electron chi connectivity index (χ0n) is 16.6. The largest absolute Gasteiger partial charge is 0.478 e. The topological polar surface area (TPSA) is 83.8 Å². The van der Waals surface area contributed by atoms with E-state index >= 15 is 0 Å². The number of carboxylic acids is 1. The van der Waals surface area contributed by atoms with Gasteiger partial charge in [-0.3, -0.25) is 4.79 Å². The molecule has 0 aromatic rings. The lowest BCUT2D eigenvalue weighted by molar-refractivity contribution is -0.150. The Morgan fingerprint density at radius 3 is 2.58 bits per heavy atom. The number of ether oxygens (including phenoxy) is 1. The average molecular weight is 366 g/mol. The van der Waals surface area contributed by atoms with Gasteiger partial charge >= 0.3 is 11.9 Å². The first-order valence-electron chi connectivity index (χ1n) is 9.57. The van der Waals surface area contributed by atoms with Crippen LogP contribution in [-0.4, -0.2) is 34.4 Å². The Balaban J connectivity index is 2.24. The predicted molar refractivity (Wildman–Crippen MR) is 102 cm³/mol. The van der Waals surface area contributed by atoms with Crippen molar-refractivity contribution < 1.29 is 24.5 Å². The first-order valence-corrected chi connectivity index (χ1v) is 9.57. The molecule has 0 aromatic carbocycles. The highest BCUT2D eigenvalue weighted by Gasteiger charge is 2.42. The van der Waals surface area contributed by atoms with Gasteiger partial charge in [0.05, 0.1) is 12.5 Å². The molecule has 5 heteroatoms. The zero-order valence-corrected chi connectivity index (χ0v) is 16.6. The number of aliphatic hydroxyl groups is 1. The fourth-order valence-corrected chi connectivity index (χ4v) is 3.77. The van der Waals surface area contributed by atoms with E-state index in [0.29, 0.717) is 12.3 Å². The summed E-state index contributed by atoms with van der Waals surface area (Å²) in [6.07, 6.45) is 9.98. The van der Waals surface area contributed by atoms with Gasteiger partial charge in [0.15, 0.2) is 0 Å². The maximum atomic E-state index is 11.6. The van der Waals surface area contributed by atoms with E-state index in [9.17, 15) is 14.7 Å². The fraction of sp³-hybridized carbons (Fsp3) is 0.714. The maximum absolute atomic E-state index is 11.6. The van der Waals surface area contributed by atoms with Gasteiger partial charge in [0.1, 0.15) is 5.60 Å². The number of cyclic esters (lactones) is 1. The molecule has 148 valence electrons. The Morgan fingerprint density at radius 1 is 1.31 bits per heavy atom. The lowest BCUT2D eigenvalue weighted by atomic mass is 9.90. The molecular weight excluding hydrogens is 332 g/mol. The van der Waals surface area contributed by atoms with Crippen LogP contribution in [0.4, 0.5) is 0 Å². The second-order valence-electron chi connectivity index (χ2n) is 8.08. The van der Waals surface area contributed by atoms with E-state index in [4.69, 9.17) is 9.84 Å². The van der Waals surface area contributed by atoms with Crippen LogP contribution in [0, 0.1) is 11.8 Å². The predicted octanol–water partition coefficient (Wildman–Crippen LogP) is 4.25. The van der Waals surface area contributed by atoms with E-state index in [1.807, 2.05) is 19.9 Å². The number of carbonyl (C=O) groups is 2. The third kappa shape index (κ3) is 8.17. The van der Waals surface area contributed by atoms with Crippen molar-refractivity contribution in [2.75, 3.05) is 6.61 Å². The summed E-state index contributed by atoms with van der Waals surface area (Å²) in [6, 6.07) is 0. The van der Waals surface area contributed by atoms with Crippen molar-refractivity contribution in [3.8, 4) is 0 Å². The number of carbonyl (C=O) groups excluding carboxylic acids is 1. The molecule has 1 heterocycles. The summed E-state index contributed by atoms with van der Waals surface area (Å²) in [5.41, 5.74) is 1.55. The molecule has 3 unspecified atom stereocenters. The summed E-state index contributed by atoms with van der Waals surface area (Å²) in [6.45, 7) is 7.91. The number of carboxylic acid groups (broad SMARTS) is 1. The molecule has 1 aliphatic rings. The van der Waals surface area contributed by atoms with E-state index in [1.165, 1.54) is 11.6 Å². The van der Waals surface area contributed by atoms with Gasteiger partial charge in [-0.15, -0.1) is 0 Å². The van der Waals surface area contributed by atoms with Gasteiger partial charge in [-0.1, -0.05) is 37.8 Å². The van der Waals surface area contributed by atoms with Gasteiger partial charge in [0.25, 0.3) is 0 Å². The summed E-state index contributed by atoms with van der Waals surface area (Å²) in [4.78, 5) is 22.3. The summed E-state index contributed by atoms with van der Waals surface area (Å²) in [5, 5.41) is 17.9. The monoisotopic (exact) mass is 366 g/mol. The quantitative estimate of drug-likeness (QED) is 0.247. The fourth-order valence-electron chi connectivity index (χ4n) is 3.77. The van der Waals surface area contributed by atoms with E-state index in [0.717, 1.165) is 44.1 Å². The molecule has 0 spiro atoms. The highest BCUT2D eigenvalue weighted by Crippen LogP contribution is 2.35. The van der Waals surface area contributed by atoms with Crippen molar-refractivity contribution in [1.29, 1.82) is 0 Å². The van der Waals surface area contributed by atoms with E-state index in [2.05, 4.69) is 6.92 Å². The maximum Gasteiger partial charge on any atom is 0.328 e. The number of hydrogen-bond acceptors (Lipinski definition) is 4. The Bertz CT molecular complexity index is 549. The van der Waals surface area contributed by atoms with Crippen molar-refractivity contribution in [3.05, 3.63) is 23.3 Å². The number of esters is 1. The van der Waals surface area contributed by atoms with Gasteiger partial charge in [0, 0.05) is 12.5 Å². The van der Waals surface area contributed by atoms with Crippen molar-refractivity contribution in [1.82, 2.24) is 0 Å². The Morgan fingerprint density at radius 2 is 2.00 bits per heavy atom. The number of aliphatic hydroxyl groups excluding tert-OH is 1. The van der Waals surface area contributed by atoms with Gasteiger partial charge in [-0.25, -0.2) is 4.79 Å². The van der Waals surface area contributed by atoms with Crippen LogP contribution in [0.1, 0.15) is 72.6 Å². The molecule has 0 aliphatic carbocycles. The van der Waals surface area contributed by atoms with Crippen LogP contribution in [-0.2, 0) is 14.3 Å². The zero-order chi connectivity index (χ0) is 19.7. The van der Waals surface area contributed by atoms with Crippen LogP contribution in [0.2, 0.25) is 0 Å². The Hall–Kier alpha value is -1.62. The van der Waals surface area contributed by atoms with E-state index < -0.39 is 11.6 Å². The summed E-state index contributed by atoms with van der Waals surface area (Å²) < 4.78 is 5.44. The normalized spacial score (nSPS) is 25.3. The standard InChI is InChI=1S/C21H34O5/c1-15(10-16(2)11-17(3)12-19(23)24)8-6-5-7-9-21(4)13-18(14-22)20(25)26-21/h11-12,15,18,22H,5-10,13-14H2,1-4H3,(H,23,24). The molecule has 1 saturated heterocycles. The first kappa shape index (κ1) is 22.4. The van der Waals surface area contributed by atoms with Crippen LogP contribution in [0.15, 0.2) is 23.3 Å². The minimum atomic E-state index is -0.911. The molecule has 5 nitrogen and oxygen atoms in total. The SMILES string of the molecule is CC(=CC(=O)O)C=C(C)CC(C)CCCCCC1(C)CC(CO)C(=O)O1. The molecule has 3 atom stereocenters. The minimum absolute atomic E-state index is 0.125. The molecule has 1 aliphatic heterocycles. The van der Waals surface area contributed by atoms with Crippen LogP contribution in [0.5, 0.6) is 0 Å². The molecule has 2 N–H and O–H groups in total. The van der Waals surface area contributed by atoms with Crippen molar-refractivity contribution in [3.63, 3.8) is 0 Å². The third-order valence-corrected chi connectivity index (χ3v) is 4.98. The molecule has 0 amide bonds. The second kappa shape index (κ2) is 10.5. The first-order chi connectivity index (χ1) is 12.1. The van der Waals surface area contributed by atoms with E-state index in [-0.39, 0.29) is 18.5 Å². The van der Waals surface area contributed by atoms with Crippen LogP contribution in [0.3, 0.4) is 0 Å². The molecule has 0 bridgehead atoms. The van der Waals surface area contributed by atoms with Crippen LogP contribution in [0.25, 0.3) is 0 Å². The highest BCUT2D eigenvalue weighted by molar-refractivity contribution is 5.81.